The molecular weight excluding hydrogens is 324 g/mol. The van der Waals surface area contributed by atoms with E-state index in [0.717, 1.165) is 53.5 Å². The van der Waals surface area contributed by atoms with Crippen molar-refractivity contribution >= 4 is 22.5 Å². The van der Waals surface area contributed by atoms with Gasteiger partial charge >= 0.3 is 0 Å². The first-order valence-electron chi connectivity index (χ1n) is 9.31. The van der Waals surface area contributed by atoms with Gasteiger partial charge in [0.05, 0.1) is 11.9 Å². The van der Waals surface area contributed by atoms with E-state index in [2.05, 4.69) is 38.1 Å². The van der Waals surface area contributed by atoms with E-state index in [1.807, 2.05) is 32.4 Å². The Morgan fingerprint density at radius 2 is 1.88 bits per heavy atom. The van der Waals surface area contributed by atoms with Crippen molar-refractivity contribution in [2.75, 3.05) is 5.32 Å². The molecule has 1 amide bonds. The maximum Gasteiger partial charge on any atom is 0.228 e. The van der Waals surface area contributed by atoms with Crippen molar-refractivity contribution in [1.29, 1.82) is 0 Å². The predicted molar refractivity (Wildman–Crippen MR) is 104 cm³/mol. The smallest absolute Gasteiger partial charge is 0.228 e. The minimum absolute atomic E-state index is 0.106. The summed E-state index contributed by atoms with van der Waals surface area (Å²) >= 11 is 0. The summed E-state index contributed by atoms with van der Waals surface area (Å²) in [4.78, 5) is 21.3. The molecule has 2 heterocycles. The summed E-state index contributed by atoms with van der Waals surface area (Å²) in [7, 11) is 2.02. The van der Waals surface area contributed by atoms with Crippen LogP contribution in [0.4, 0.5) is 5.82 Å². The zero-order chi connectivity index (χ0) is 18.1. The summed E-state index contributed by atoms with van der Waals surface area (Å²) in [6, 6.07) is 8.24. The van der Waals surface area contributed by atoms with Crippen LogP contribution in [-0.2, 0) is 11.8 Å². The van der Waals surface area contributed by atoms with E-state index in [4.69, 9.17) is 0 Å². The number of nitrogens with zero attached hydrogens (tertiary/aromatic N) is 3. The van der Waals surface area contributed by atoms with E-state index in [-0.39, 0.29) is 11.8 Å². The van der Waals surface area contributed by atoms with E-state index in [0.29, 0.717) is 5.82 Å². The molecule has 5 heteroatoms. The van der Waals surface area contributed by atoms with E-state index < -0.39 is 0 Å². The minimum Gasteiger partial charge on any atom is -0.331 e. The Bertz CT molecular complexity index is 954. The molecule has 0 radical (unpaired) electrons. The van der Waals surface area contributed by atoms with Crippen LogP contribution in [0.3, 0.4) is 0 Å². The van der Waals surface area contributed by atoms with Gasteiger partial charge in [-0.15, -0.1) is 0 Å². The van der Waals surface area contributed by atoms with Crippen molar-refractivity contribution in [1.82, 2.24) is 14.5 Å². The van der Waals surface area contributed by atoms with Gasteiger partial charge in [0.2, 0.25) is 5.91 Å². The van der Waals surface area contributed by atoms with Crippen LogP contribution in [0.15, 0.2) is 36.7 Å². The van der Waals surface area contributed by atoms with Gasteiger partial charge in [-0.2, -0.15) is 0 Å². The standard InChI is InChI=1S/C21H24N4O/c1-14-22-13-19(25(14)2)16-8-9-17-12-23-20(11-18(17)10-16)24-21(26)15-6-4-3-5-7-15/h8-13,15H,3-7H2,1-2H3,(H,23,24,26). The number of aryl methyl sites for hydroxylation is 1. The Morgan fingerprint density at radius 1 is 1.08 bits per heavy atom. The van der Waals surface area contributed by atoms with Crippen LogP contribution < -0.4 is 5.32 Å². The third kappa shape index (κ3) is 3.21. The lowest BCUT2D eigenvalue weighted by molar-refractivity contribution is -0.120. The number of aromatic nitrogens is 3. The number of fused-ring (bicyclic) bond motifs is 1. The Kier molecular flexibility index (Phi) is 4.45. The van der Waals surface area contributed by atoms with Crippen LogP contribution in [0.25, 0.3) is 22.0 Å². The Hall–Kier alpha value is -2.69. The zero-order valence-electron chi connectivity index (χ0n) is 15.3. The van der Waals surface area contributed by atoms with Gasteiger partial charge in [-0.05, 0) is 37.3 Å². The van der Waals surface area contributed by atoms with Gasteiger partial charge in [0.1, 0.15) is 11.6 Å². The predicted octanol–water partition coefficient (Wildman–Crippen LogP) is 4.46. The van der Waals surface area contributed by atoms with Gasteiger partial charge < -0.3 is 9.88 Å². The number of imidazole rings is 1. The van der Waals surface area contributed by atoms with Gasteiger partial charge in [-0.25, -0.2) is 9.97 Å². The molecule has 1 aliphatic carbocycles. The second kappa shape index (κ2) is 6.90. The molecule has 0 spiro atoms. The summed E-state index contributed by atoms with van der Waals surface area (Å²) in [5, 5.41) is 5.13. The monoisotopic (exact) mass is 348 g/mol. The third-order valence-electron chi connectivity index (χ3n) is 5.47. The van der Waals surface area contributed by atoms with Crippen LogP contribution >= 0.6 is 0 Å². The number of pyridine rings is 1. The SMILES string of the molecule is Cc1ncc(-c2ccc3cnc(NC(=O)C4CCCCC4)cc3c2)n1C. The molecule has 0 unspecified atom stereocenters. The lowest BCUT2D eigenvalue weighted by Gasteiger charge is -2.20. The fourth-order valence-electron chi connectivity index (χ4n) is 3.73. The first-order chi connectivity index (χ1) is 12.6. The van der Waals surface area contributed by atoms with Gasteiger partial charge in [0, 0.05) is 30.1 Å². The fraction of sp³-hybridized carbons (Fsp3) is 0.381. The van der Waals surface area contributed by atoms with Crippen molar-refractivity contribution in [3.8, 4) is 11.3 Å². The average Bonchev–Trinajstić information content (AvgIpc) is 3.00. The van der Waals surface area contributed by atoms with Gasteiger partial charge in [0.15, 0.2) is 0 Å². The Morgan fingerprint density at radius 3 is 2.62 bits per heavy atom. The number of nitrogens with one attached hydrogen (secondary N) is 1. The first kappa shape index (κ1) is 16.8. The highest BCUT2D eigenvalue weighted by molar-refractivity contribution is 5.95. The Balaban J connectivity index is 1.61. The topological polar surface area (TPSA) is 59.8 Å². The molecular formula is C21H24N4O. The molecule has 4 rings (SSSR count). The van der Waals surface area contributed by atoms with Crippen LogP contribution in [0.2, 0.25) is 0 Å². The lowest BCUT2D eigenvalue weighted by Crippen LogP contribution is -2.25. The number of anilines is 1. The molecule has 1 aromatic carbocycles. The van der Waals surface area contributed by atoms with E-state index in [1.165, 1.54) is 6.42 Å². The summed E-state index contributed by atoms with van der Waals surface area (Å²) in [6.45, 7) is 1.99. The maximum absolute atomic E-state index is 12.5. The number of carbonyl (C=O) groups excluding carboxylic acids is 1. The summed E-state index contributed by atoms with van der Waals surface area (Å²) in [6.07, 6.45) is 9.24. The van der Waals surface area contributed by atoms with Crippen LogP contribution in [-0.4, -0.2) is 20.4 Å². The molecule has 0 atom stereocenters. The normalized spacial score (nSPS) is 15.3. The van der Waals surface area contributed by atoms with Crippen LogP contribution in [0.1, 0.15) is 37.9 Å². The van der Waals surface area contributed by atoms with Gasteiger partial charge in [0.25, 0.3) is 0 Å². The molecule has 3 aromatic rings. The van der Waals surface area contributed by atoms with Crippen LogP contribution in [0.5, 0.6) is 0 Å². The fourth-order valence-corrected chi connectivity index (χ4v) is 3.73. The van der Waals surface area contributed by atoms with Crippen molar-refractivity contribution < 1.29 is 4.79 Å². The van der Waals surface area contributed by atoms with Crippen molar-refractivity contribution in [2.45, 2.75) is 39.0 Å². The molecule has 134 valence electrons. The molecule has 0 saturated heterocycles. The van der Waals surface area contributed by atoms with Gasteiger partial charge in [-0.1, -0.05) is 31.4 Å². The van der Waals surface area contributed by atoms with Gasteiger partial charge in [-0.3, -0.25) is 4.79 Å². The molecule has 0 bridgehead atoms. The number of benzene rings is 1. The number of hydrogen-bond acceptors (Lipinski definition) is 3. The molecule has 5 nitrogen and oxygen atoms in total. The van der Waals surface area contributed by atoms with Crippen LogP contribution in [0, 0.1) is 12.8 Å². The largest absolute Gasteiger partial charge is 0.331 e. The minimum atomic E-state index is 0.106. The zero-order valence-corrected chi connectivity index (χ0v) is 15.3. The highest BCUT2D eigenvalue weighted by atomic mass is 16.1. The van der Waals surface area contributed by atoms with Crippen molar-refractivity contribution in [3.63, 3.8) is 0 Å². The molecule has 0 aliphatic heterocycles. The molecule has 1 N–H and O–H groups in total. The second-order valence-corrected chi connectivity index (χ2v) is 7.21. The van der Waals surface area contributed by atoms with E-state index in [1.54, 1.807) is 0 Å². The maximum atomic E-state index is 12.5. The number of hydrogen-bond donors (Lipinski definition) is 1. The first-order valence-corrected chi connectivity index (χ1v) is 9.31. The third-order valence-corrected chi connectivity index (χ3v) is 5.47. The molecule has 1 aliphatic rings. The highest BCUT2D eigenvalue weighted by Crippen LogP contribution is 2.27. The number of rotatable bonds is 3. The quantitative estimate of drug-likeness (QED) is 0.760. The highest BCUT2D eigenvalue weighted by Gasteiger charge is 2.21. The van der Waals surface area contributed by atoms with E-state index >= 15 is 0 Å². The van der Waals surface area contributed by atoms with E-state index in [9.17, 15) is 4.79 Å². The lowest BCUT2D eigenvalue weighted by atomic mass is 9.89. The van der Waals surface area contributed by atoms with Crippen molar-refractivity contribution in [2.24, 2.45) is 13.0 Å². The summed E-state index contributed by atoms with van der Waals surface area (Å²) < 4.78 is 2.08. The number of amides is 1. The number of carbonyl (C=O) groups is 1. The Labute approximate surface area is 153 Å². The van der Waals surface area contributed by atoms with Crippen molar-refractivity contribution in [3.05, 3.63) is 42.5 Å². The molecule has 1 saturated carbocycles. The average molecular weight is 348 g/mol. The summed E-state index contributed by atoms with van der Waals surface area (Å²) in [5.74, 6) is 1.85. The molecule has 1 fully saturated rings. The summed E-state index contributed by atoms with van der Waals surface area (Å²) in [5.41, 5.74) is 2.19. The second-order valence-electron chi connectivity index (χ2n) is 7.21. The molecule has 26 heavy (non-hydrogen) atoms. The molecule has 2 aromatic heterocycles.